The van der Waals surface area contributed by atoms with Crippen molar-refractivity contribution in [3.8, 4) is 0 Å². The number of amides is 2. The molecular formula is C15H20N2O4. The zero-order valence-electron chi connectivity index (χ0n) is 12.3. The molecule has 21 heavy (non-hydrogen) atoms. The van der Waals surface area contributed by atoms with Crippen LogP contribution in [-0.4, -0.2) is 35.5 Å². The Morgan fingerprint density at radius 2 is 1.71 bits per heavy atom. The van der Waals surface area contributed by atoms with Gasteiger partial charge in [0.1, 0.15) is 12.6 Å². The van der Waals surface area contributed by atoms with Crippen LogP contribution in [-0.2, 0) is 9.59 Å². The molecule has 0 fully saturated rings. The first kappa shape index (κ1) is 16.7. The summed E-state index contributed by atoms with van der Waals surface area (Å²) in [6, 6.07) is 6.19. The van der Waals surface area contributed by atoms with Gasteiger partial charge in [0.15, 0.2) is 0 Å². The molecule has 1 unspecified atom stereocenters. The summed E-state index contributed by atoms with van der Waals surface area (Å²) in [6.07, 6.45) is 0. The summed E-state index contributed by atoms with van der Waals surface area (Å²) in [5.41, 5.74) is 1.49. The minimum Gasteiger partial charge on any atom is -0.480 e. The van der Waals surface area contributed by atoms with Crippen LogP contribution >= 0.6 is 0 Å². The Labute approximate surface area is 123 Å². The smallest absolute Gasteiger partial charge is 0.322 e. The van der Waals surface area contributed by atoms with Crippen molar-refractivity contribution in [1.82, 2.24) is 10.6 Å². The van der Waals surface area contributed by atoms with Crippen molar-refractivity contribution in [2.45, 2.75) is 26.8 Å². The van der Waals surface area contributed by atoms with E-state index in [0.717, 1.165) is 5.56 Å². The molecule has 1 atom stereocenters. The molecule has 1 aromatic carbocycles. The van der Waals surface area contributed by atoms with Gasteiger partial charge in [-0.3, -0.25) is 14.4 Å². The molecule has 1 rings (SSSR count). The van der Waals surface area contributed by atoms with Gasteiger partial charge in [-0.05, 0) is 25.0 Å². The van der Waals surface area contributed by atoms with Crippen LogP contribution in [0.2, 0.25) is 0 Å². The fourth-order valence-electron chi connectivity index (χ4n) is 1.74. The predicted molar refractivity (Wildman–Crippen MR) is 77.9 cm³/mol. The van der Waals surface area contributed by atoms with E-state index in [1.807, 2.05) is 19.1 Å². The molecule has 0 bridgehead atoms. The molecule has 0 aromatic heterocycles. The van der Waals surface area contributed by atoms with Gasteiger partial charge in [-0.1, -0.05) is 31.5 Å². The highest BCUT2D eigenvalue weighted by Crippen LogP contribution is 2.06. The van der Waals surface area contributed by atoms with Crippen molar-refractivity contribution in [3.05, 3.63) is 35.4 Å². The molecule has 0 spiro atoms. The zero-order chi connectivity index (χ0) is 16.0. The molecule has 6 nitrogen and oxygen atoms in total. The Hall–Kier alpha value is -2.37. The highest BCUT2D eigenvalue weighted by Gasteiger charge is 2.24. The number of carboxylic acids is 1. The average molecular weight is 292 g/mol. The molecule has 0 aliphatic heterocycles. The summed E-state index contributed by atoms with van der Waals surface area (Å²) >= 11 is 0. The van der Waals surface area contributed by atoms with Crippen LogP contribution in [0.4, 0.5) is 0 Å². The number of nitrogens with one attached hydrogen (secondary N) is 2. The minimum atomic E-state index is -1.13. The standard InChI is InChI=1S/C15H20N2O4/c1-9(2)13(15(21)16-8-12(18)19)17-14(20)11-6-4-10(3)5-7-11/h4-7,9,13H,8H2,1-3H3,(H,16,21)(H,17,20)(H,18,19). The minimum absolute atomic E-state index is 0.159. The molecule has 0 aliphatic carbocycles. The van der Waals surface area contributed by atoms with Crippen LogP contribution in [0.25, 0.3) is 0 Å². The van der Waals surface area contributed by atoms with Gasteiger partial charge in [0.05, 0.1) is 0 Å². The predicted octanol–water partition coefficient (Wildman–Crippen LogP) is 0.950. The van der Waals surface area contributed by atoms with E-state index in [0.29, 0.717) is 5.56 Å². The average Bonchev–Trinajstić information content (AvgIpc) is 2.42. The van der Waals surface area contributed by atoms with Gasteiger partial charge in [0.2, 0.25) is 5.91 Å². The quantitative estimate of drug-likeness (QED) is 0.727. The maximum absolute atomic E-state index is 12.1. The van der Waals surface area contributed by atoms with E-state index in [9.17, 15) is 14.4 Å². The maximum Gasteiger partial charge on any atom is 0.322 e. The lowest BCUT2D eigenvalue weighted by atomic mass is 10.0. The van der Waals surface area contributed by atoms with Gasteiger partial charge in [0.25, 0.3) is 5.91 Å². The van der Waals surface area contributed by atoms with Crippen molar-refractivity contribution in [2.24, 2.45) is 5.92 Å². The number of benzene rings is 1. The highest BCUT2D eigenvalue weighted by molar-refractivity contribution is 5.98. The number of aliphatic carboxylic acids is 1. The van der Waals surface area contributed by atoms with Crippen LogP contribution in [0, 0.1) is 12.8 Å². The molecule has 0 heterocycles. The maximum atomic E-state index is 12.1. The molecule has 6 heteroatoms. The molecule has 0 aliphatic rings. The Bertz CT molecular complexity index is 523. The van der Waals surface area contributed by atoms with Crippen LogP contribution in [0.3, 0.4) is 0 Å². The van der Waals surface area contributed by atoms with Gasteiger partial charge >= 0.3 is 5.97 Å². The second-order valence-corrected chi connectivity index (χ2v) is 5.17. The molecule has 0 saturated heterocycles. The molecule has 2 amide bonds. The summed E-state index contributed by atoms with van der Waals surface area (Å²) in [4.78, 5) is 34.5. The van der Waals surface area contributed by atoms with Gasteiger partial charge in [-0.25, -0.2) is 0 Å². The number of carboxylic acid groups (broad SMARTS) is 1. The van der Waals surface area contributed by atoms with E-state index >= 15 is 0 Å². The molecular weight excluding hydrogens is 272 g/mol. The Kier molecular flexibility index (Phi) is 5.90. The van der Waals surface area contributed by atoms with Crippen molar-refractivity contribution in [1.29, 1.82) is 0 Å². The largest absolute Gasteiger partial charge is 0.480 e. The number of aryl methyl sites for hydroxylation is 1. The first-order valence-electron chi connectivity index (χ1n) is 6.68. The van der Waals surface area contributed by atoms with E-state index in [1.165, 1.54) is 0 Å². The lowest BCUT2D eigenvalue weighted by molar-refractivity contribution is -0.138. The summed E-state index contributed by atoms with van der Waals surface area (Å²) in [6.45, 7) is 5.00. The van der Waals surface area contributed by atoms with Gasteiger partial charge in [-0.2, -0.15) is 0 Å². The third-order valence-corrected chi connectivity index (χ3v) is 2.96. The Morgan fingerprint density at radius 3 is 2.19 bits per heavy atom. The molecule has 1 aromatic rings. The topological polar surface area (TPSA) is 95.5 Å². The van der Waals surface area contributed by atoms with E-state index in [1.54, 1.807) is 26.0 Å². The van der Waals surface area contributed by atoms with Crippen molar-refractivity contribution in [3.63, 3.8) is 0 Å². The van der Waals surface area contributed by atoms with Gasteiger partial charge in [0, 0.05) is 5.56 Å². The fraction of sp³-hybridized carbons (Fsp3) is 0.400. The second kappa shape index (κ2) is 7.42. The van der Waals surface area contributed by atoms with E-state index in [4.69, 9.17) is 5.11 Å². The molecule has 0 radical (unpaired) electrons. The Balaban J connectivity index is 2.73. The fourth-order valence-corrected chi connectivity index (χ4v) is 1.74. The summed E-state index contributed by atoms with van der Waals surface area (Å²) < 4.78 is 0. The molecule has 3 N–H and O–H groups in total. The number of carbonyl (C=O) groups excluding carboxylic acids is 2. The van der Waals surface area contributed by atoms with Gasteiger partial charge in [-0.15, -0.1) is 0 Å². The SMILES string of the molecule is Cc1ccc(C(=O)NC(C(=O)NCC(=O)O)C(C)C)cc1. The number of hydrogen-bond acceptors (Lipinski definition) is 3. The Morgan fingerprint density at radius 1 is 1.14 bits per heavy atom. The van der Waals surface area contributed by atoms with Crippen LogP contribution in [0.15, 0.2) is 24.3 Å². The summed E-state index contributed by atoms with van der Waals surface area (Å²) in [5, 5.41) is 13.5. The monoisotopic (exact) mass is 292 g/mol. The summed E-state index contributed by atoms with van der Waals surface area (Å²) in [5.74, 6) is -2.16. The number of hydrogen-bond donors (Lipinski definition) is 3. The van der Waals surface area contributed by atoms with E-state index < -0.39 is 24.5 Å². The summed E-state index contributed by atoms with van der Waals surface area (Å²) in [7, 11) is 0. The first-order valence-corrected chi connectivity index (χ1v) is 6.68. The van der Waals surface area contributed by atoms with Crippen molar-refractivity contribution < 1.29 is 19.5 Å². The molecule has 114 valence electrons. The van der Waals surface area contributed by atoms with Crippen LogP contribution in [0.5, 0.6) is 0 Å². The third kappa shape index (κ3) is 5.25. The number of carbonyl (C=O) groups is 3. The first-order chi connectivity index (χ1) is 9.81. The van der Waals surface area contributed by atoms with Crippen molar-refractivity contribution >= 4 is 17.8 Å². The second-order valence-electron chi connectivity index (χ2n) is 5.17. The van der Waals surface area contributed by atoms with Crippen LogP contribution < -0.4 is 10.6 Å². The lowest BCUT2D eigenvalue weighted by Gasteiger charge is -2.21. The van der Waals surface area contributed by atoms with E-state index in [-0.39, 0.29) is 11.8 Å². The number of rotatable bonds is 6. The normalized spacial score (nSPS) is 11.8. The van der Waals surface area contributed by atoms with Crippen molar-refractivity contribution in [2.75, 3.05) is 6.54 Å². The third-order valence-electron chi connectivity index (χ3n) is 2.96. The van der Waals surface area contributed by atoms with E-state index in [2.05, 4.69) is 10.6 Å². The zero-order valence-corrected chi connectivity index (χ0v) is 12.3. The molecule has 0 saturated carbocycles. The van der Waals surface area contributed by atoms with Crippen LogP contribution in [0.1, 0.15) is 29.8 Å². The highest BCUT2D eigenvalue weighted by atomic mass is 16.4. The van der Waals surface area contributed by atoms with Gasteiger partial charge < -0.3 is 15.7 Å². The lowest BCUT2D eigenvalue weighted by Crippen LogP contribution is -2.50.